The van der Waals surface area contributed by atoms with Gasteiger partial charge in [-0.15, -0.1) is 6.58 Å². The highest BCUT2D eigenvalue weighted by Crippen LogP contribution is 2.28. The molecule has 2 atom stereocenters. The van der Waals surface area contributed by atoms with Crippen molar-refractivity contribution in [3.05, 3.63) is 48.6 Å². The molecule has 1 aromatic carbocycles. The average molecular weight is 261 g/mol. The minimum absolute atomic E-state index is 0.107. The number of carbonyl (C=O) groups excluding carboxylic acids is 1. The fourth-order valence-corrected chi connectivity index (χ4v) is 1.79. The van der Waals surface area contributed by atoms with Crippen LogP contribution >= 0.6 is 0 Å². The first-order chi connectivity index (χ1) is 8.90. The fraction of sp³-hybridized carbons (Fsp3) is 0.333. The maximum atomic E-state index is 11.9. The van der Waals surface area contributed by atoms with Crippen molar-refractivity contribution in [3.8, 4) is 0 Å². The van der Waals surface area contributed by atoms with Crippen LogP contribution in [0.3, 0.4) is 0 Å². The van der Waals surface area contributed by atoms with Crippen LogP contribution in [-0.2, 0) is 15.0 Å². The predicted molar refractivity (Wildman–Crippen MR) is 73.8 cm³/mol. The second-order valence-corrected chi connectivity index (χ2v) is 4.77. The van der Waals surface area contributed by atoms with Gasteiger partial charge in [-0.1, -0.05) is 36.4 Å². The Morgan fingerprint density at radius 1 is 1.42 bits per heavy atom. The molecule has 2 N–H and O–H groups in total. The van der Waals surface area contributed by atoms with Crippen molar-refractivity contribution in [1.29, 1.82) is 0 Å². The van der Waals surface area contributed by atoms with E-state index in [0.717, 1.165) is 0 Å². The van der Waals surface area contributed by atoms with Gasteiger partial charge in [-0.05, 0) is 19.4 Å². The van der Waals surface area contributed by atoms with Crippen molar-refractivity contribution in [2.75, 3.05) is 0 Å². The van der Waals surface area contributed by atoms with Gasteiger partial charge in [-0.2, -0.15) is 0 Å². The van der Waals surface area contributed by atoms with Gasteiger partial charge >= 0.3 is 5.97 Å². The molecule has 1 amide bonds. The van der Waals surface area contributed by atoms with Crippen LogP contribution < -0.4 is 5.32 Å². The van der Waals surface area contributed by atoms with Crippen LogP contribution in [-0.4, -0.2) is 23.0 Å². The van der Waals surface area contributed by atoms with E-state index in [1.807, 2.05) is 6.07 Å². The Bertz CT molecular complexity index is 470. The number of amides is 1. The van der Waals surface area contributed by atoms with Gasteiger partial charge in [0.05, 0.1) is 5.41 Å². The molecule has 2 unspecified atom stereocenters. The third-order valence-corrected chi connectivity index (χ3v) is 3.14. The molecule has 0 fully saturated rings. The number of rotatable bonds is 6. The van der Waals surface area contributed by atoms with Crippen molar-refractivity contribution in [1.82, 2.24) is 5.32 Å². The second kappa shape index (κ2) is 6.18. The van der Waals surface area contributed by atoms with E-state index in [-0.39, 0.29) is 18.4 Å². The molecule has 0 radical (unpaired) electrons. The quantitative estimate of drug-likeness (QED) is 0.771. The summed E-state index contributed by atoms with van der Waals surface area (Å²) in [5, 5.41) is 12.1. The van der Waals surface area contributed by atoms with Crippen molar-refractivity contribution < 1.29 is 14.7 Å². The molecule has 0 aliphatic rings. The summed E-state index contributed by atoms with van der Waals surface area (Å²) in [4.78, 5) is 23.4. The highest BCUT2D eigenvalue weighted by molar-refractivity contribution is 5.89. The van der Waals surface area contributed by atoms with Gasteiger partial charge in [0, 0.05) is 12.5 Å². The van der Waals surface area contributed by atoms with E-state index in [0.29, 0.717) is 5.56 Å². The molecule has 0 heterocycles. The van der Waals surface area contributed by atoms with Crippen LogP contribution in [0.25, 0.3) is 0 Å². The topological polar surface area (TPSA) is 66.4 Å². The second-order valence-electron chi connectivity index (χ2n) is 4.77. The van der Waals surface area contributed by atoms with Gasteiger partial charge in [-0.25, -0.2) is 0 Å². The number of benzene rings is 1. The van der Waals surface area contributed by atoms with Crippen molar-refractivity contribution in [2.24, 2.45) is 0 Å². The van der Waals surface area contributed by atoms with Gasteiger partial charge in [0.1, 0.15) is 0 Å². The molecule has 4 heteroatoms. The molecule has 0 saturated carbocycles. The molecule has 1 aromatic rings. The van der Waals surface area contributed by atoms with Crippen molar-refractivity contribution in [3.63, 3.8) is 0 Å². The van der Waals surface area contributed by atoms with Gasteiger partial charge in [0.25, 0.3) is 0 Å². The van der Waals surface area contributed by atoms with Crippen molar-refractivity contribution >= 4 is 11.9 Å². The summed E-state index contributed by atoms with van der Waals surface area (Å²) in [6.45, 7) is 6.91. The lowest BCUT2D eigenvalue weighted by Gasteiger charge is -2.25. The number of nitrogens with one attached hydrogen (secondary N) is 1. The Morgan fingerprint density at radius 2 is 2.00 bits per heavy atom. The zero-order valence-corrected chi connectivity index (χ0v) is 11.2. The molecule has 0 saturated heterocycles. The van der Waals surface area contributed by atoms with E-state index in [9.17, 15) is 14.7 Å². The summed E-state index contributed by atoms with van der Waals surface area (Å²) in [6.07, 6.45) is 1.49. The number of aliphatic carboxylic acids is 1. The van der Waals surface area contributed by atoms with E-state index in [4.69, 9.17) is 0 Å². The SMILES string of the molecule is C=CC(C)NC(=O)CC(C)(C(=O)O)c1ccccc1. The number of carboxylic acids is 1. The predicted octanol–water partition coefficient (Wildman–Crippen LogP) is 2.11. The molecular weight excluding hydrogens is 242 g/mol. The fourth-order valence-electron chi connectivity index (χ4n) is 1.79. The van der Waals surface area contributed by atoms with E-state index < -0.39 is 11.4 Å². The Labute approximate surface area is 113 Å². The summed E-state index contributed by atoms with van der Waals surface area (Å²) in [5.41, 5.74) is -0.615. The van der Waals surface area contributed by atoms with E-state index >= 15 is 0 Å². The summed E-state index contributed by atoms with van der Waals surface area (Å²) >= 11 is 0. The molecule has 0 bridgehead atoms. The van der Waals surface area contributed by atoms with Crippen LogP contribution in [0.1, 0.15) is 25.8 Å². The van der Waals surface area contributed by atoms with Crippen LogP contribution in [0, 0.1) is 0 Å². The number of carboxylic acid groups (broad SMARTS) is 1. The molecule has 0 aromatic heterocycles. The van der Waals surface area contributed by atoms with Crippen LogP contribution in [0.5, 0.6) is 0 Å². The highest BCUT2D eigenvalue weighted by Gasteiger charge is 2.37. The molecule has 102 valence electrons. The van der Waals surface area contributed by atoms with Gasteiger partial charge < -0.3 is 10.4 Å². The Balaban J connectivity index is 2.93. The normalized spacial score (nSPS) is 15.1. The molecule has 19 heavy (non-hydrogen) atoms. The molecule has 1 rings (SSSR count). The van der Waals surface area contributed by atoms with E-state index in [1.165, 1.54) is 0 Å². The lowest BCUT2D eigenvalue weighted by atomic mass is 9.79. The standard InChI is InChI=1S/C15H19NO3/c1-4-11(2)16-13(17)10-15(3,14(18)19)12-8-6-5-7-9-12/h4-9,11H,1,10H2,2-3H3,(H,16,17)(H,18,19). The van der Waals surface area contributed by atoms with Crippen LogP contribution in [0.2, 0.25) is 0 Å². The molecular formula is C15H19NO3. The first-order valence-corrected chi connectivity index (χ1v) is 6.11. The largest absolute Gasteiger partial charge is 0.481 e. The summed E-state index contributed by atoms with van der Waals surface area (Å²) in [5.74, 6) is -1.32. The van der Waals surface area contributed by atoms with E-state index in [1.54, 1.807) is 44.2 Å². The lowest BCUT2D eigenvalue weighted by molar-refractivity contribution is -0.145. The molecule has 0 spiro atoms. The monoisotopic (exact) mass is 261 g/mol. The summed E-state index contributed by atoms with van der Waals surface area (Å²) in [6, 6.07) is 8.60. The van der Waals surface area contributed by atoms with Crippen molar-refractivity contribution in [2.45, 2.75) is 31.7 Å². The zero-order valence-electron chi connectivity index (χ0n) is 11.2. The molecule has 4 nitrogen and oxygen atoms in total. The highest BCUT2D eigenvalue weighted by atomic mass is 16.4. The summed E-state index contributed by atoms with van der Waals surface area (Å²) < 4.78 is 0. The Morgan fingerprint density at radius 3 is 2.47 bits per heavy atom. The van der Waals surface area contributed by atoms with Gasteiger partial charge in [-0.3, -0.25) is 9.59 Å². The maximum absolute atomic E-state index is 11.9. The first-order valence-electron chi connectivity index (χ1n) is 6.11. The first kappa shape index (κ1) is 15.0. The Hall–Kier alpha value is -2.10. The van der Waals surface area contributed by atoms with E-state index in [2.05, 4.69) is 11.9 Å². The summed E-state index contributed by atoms with van der Waals surface area (Å²) in [7, 11) is 0. The lowest BCUT2D eigenvalue weighted by Crippen LogP contribution is -2.40. The number of hydrogen-bond donors (Lipinski definition) is 2. The minimum atomic E-state index is -1.23. The third-order valence-electron chi connectivity index (χ3n) is 3.14. The van der Waals surface area contributed by atoms with Crippen LogP contribution in [0.15, 0.2) is 43.0 Å². The number of carbonyl (C=O) groups is 2. The van der Waals surface area contributed by atoms with Gasteiger partial charge in [0.15, 0.2) is 0 Å². The zero-order chi connectivity index (χ0) is 14.5. The van der Waals surface area contributed by atoms with Crippen LogP contribution in [0.4, 0.5) is 0 Å². The van der Waals surface area contributed by atoms with Gasteiger partial charge in [0.2, 0.25) is 5.91 Å². The molecule has 0 aliphatic carbocycles. The Kier molecular flexibility index (Phi) is 4.87. The number of hydrogen-bond acceptors (Lipinski definition) is 2. The maximum Gasteiger partial charge on any atom is 0.314 e. The molecule has 0 aliphatic heterocycles. The minimum Gasteiger partial charge on any atom is -0.481 e. The third kappa shape index (κ3) is 3.68. The average Bonchev–Trinajstić information content (AvgIpc) is 2.39. The smallest absolute Gasteiger partial charge is 0.314 e.